The lowest BCUT2D eigenvalue weighted by molar-refractivity contribution is 0.864. The lowest BCUT2D eigenvalue weighted by Gasteiger charge is -2.00. The highest BCUT2D eigenvalue weighted by Crippen LogP contribution is 2.34. The van der Waals surface area contributed by atoms with Crippen molar-refractivity contribution in [3.63, 3.8) is 0 Å². The first kappa shape index (κ1) is 10.7. The predicted octanol–water partition coefficient (Wildman–Crippen LogP) is 4.90. The maximum atomic E-state index is 2.41. The average molecular weight is 218 g/mol. The molecule has 80 valence electrons. The van der Waals surface area contributed by atoms with Crippen LogP contribution in [0.15, 0.2) is 34.6 Å². The maximum absolute atomic E-state index is 2.41. The first-order valence-electron chi connectivity index (χ1n) is 5.63. The van der Waals surface area contributed by atoms with E-state index < -0.39 is 0 Å². The molecule has 2 rings (SSSR count). The van der Waals surface area contributed by atoms with Crippen molar-refractivity contribution in [3.05, 3.63) is 40.1 Å². The zero-order valence-corrected chi connectivity index (χ0v) is 10.3. The molecule has 1 fully saturated rings. The molecule has 0 unspecified atom stereocenters. The van der Waals surface area contributed by atoms with Crippen molar-refractivity contribution in [1.29, 1.82) is 0 Å². The van der Waals surface area contributed by atoms with E-state index in [1.54, 1.807) is 11.3 Å². The van der Waals surface area contributed by atoms with Gasteiger partial charge in [0.2, 0.25) is 0 Å². The quantitative estimate of drug-likeness (QED) is 0.631. The van der Waals surface area contributed by atoms with E-state index in [9.17, 15) is 0 Å². The number of hydrogen-bond donors (Lipinski definition) is 0. The molecule has 0 aromatic carbocycles. The van der Waals surface area contributed by atoms with E-state index in [4.69, 9.17) is 0 Å². The number of allylic oxidation sites excluding steroid dienone is 4. The molecule has 0 spiro atoms. The minimum Gasteiger partial charge on any atom is -0.152 e. The number of thiophene rings is 1. The Bertz CT molecular complexity index is 360. The lowest BCUT2D eigenvalue weighted by Crippen LogP contribution is -1.80. The van der Waals surface area contributed by atoms with Crippen molar-refractivity contribution >= 4 is 16.9 Å². The summed E-state index contributed by atoms with van der Waals surface area (Å²) in [6.07, 6.45) is 8.83. The molecule has 0 saturated heterocycles. The van der Waals surface area contributed by atoms with Crippen molar-refractivity contribution in [2.24, 2.45) is 5.92 Å². The Morgan fingerprint density at radius 3 is 2.80 bits per heavy atom. The molecule has 0 N–H and O–H groups in total. The van der Waals surface area contributed by atoms with Crippen LogP contribution in [-0.2, 0) is 0 Å². The van der Waals surface area contributed by atoms with Gasteiger partial charge in [0, 0.05) is 0 Å². The van der Waals surface area contributed by atoms with Gasteiger partial charge in [-0.2, -0.15) is 11.3 Å². The third kappa shape index (κ3) is 3.35. The summed E-state index contributed by atoms with van der Waals surface area (Å²) >= 11 is 1.77. The smallest absolute Gasteiger partial charge is 0.00148 e. The van der Waals surface area contributed by atoms with E-state index in [1.165, 1.54) is 36.0 Å². The summed E-state index contributed by atoms with van der Waals surface area (Å²) in [6, 6.07) is 2.21. The van der Waals surface area contributed by atoms with E-state index >= 15 is 0 Å². The van der Waals surface area contributed by atoms with Crippen LogP contribution in [0, 0.1) is 5.92 Å². The third-order valence-electron chi connectivity index (χ3n) is 2.67. The zero-order valence-electron chi connectivity index (χ0n) is 9.49. The van der Waals surface area contributed by atoms with Crippen molar-refractivity contribution in [1.82, 2.24) is 0 Å². The Hall–Kier alpha value is -0.820. The monoisotopic (exact) mass is 218 g/mol. The molecule has 1 saturated carbocycles. The number of rotatable bonds is 4. The summed E-state index contributed by atoms with van der Waals surface area (Å²) in [7, 11) is 0. The summed E-state index contributed by atoms with van der Waals surface area (Å²) in [6.45, 7) is 4.33. The predicted molar refractivity (Wildman–Crippen MR) is 69.1 cm³/mol. The van der Waals surface area contributed by atoms with Crippen LogP contribution < -0.4 is 0 Å². The summed E-state index contributed by atoms with van der Waals surface area (Å²) in [5, 5.41) is 4.39. The van der Waals surface area contributed by atoms with Gasteiger partial charge in [0.1, 0.15) is 0 Å². The fourth-order valence-corrected chi connectivity index (χ4v) is 2.31. The minimum atomic E-state index is 0.976. The summed E-state index contributed by atoms with van der Waals surface area (Å²) in [5.74, 6) is 0.976. The Labute approximate surface area is 96.3 Å². The second kappa shape index (κ2) is 4.80. The molecule has 15 heavy (non-hydrogen) atoms. The standard InChI is InChI=1S/C14H18S/c1-11(2)9-13(6-5-12-3-4-12)14-7-8-15-10-14/h6-10,12H,3-5H2,1-2H3/b13-6-. The van der Waals surface area contributed by atoms with E-state index in [0.717, 1.165) is 5.92 Å². The van der Waals surface area contributed by atoms with Crippen LogP contribution in [0.3, 0.4) is 0 Å². The van der Waals surface area contributed by atoms with Gasteiger partial charge in [-0.3, -0.25) is 0 Å². The summed E-state index contributed by atoms with van der Waals surface area (Å²) < 4.78 is 0. The largest absolute Gasteiger partial charge is 0.152 e. The second-order valence-electron chi connectivity index (χ2n) is 4.57. The van der Waals surface area contributed by atoms with Crippen LogP contribution in [0.4, 0.5) is 0 Å². The normalized spacial score (nSPS) is 16.5. The SMILES string of the molecule is CC(C)=C/C(=C/CC1CC1)c1ccsc1. The van der Waals surface area contributed by atoms with E-state index in [0.29, 0.717) is 0 Å². The first-order valence-corrected chi connectivity index (χ1v) is 6.57. The molecule has 1 aromatic heterocycles. The Morgan fingerprint density at radius 2 is 2.27 bits per heavy atom. The Morgan fingerprint density at radius 1 is 1.47 bits per heavy atom. The molecule has 1 heteroatoms. The van der Waals surface area contributed by atoms with Crippen LogP contribution >= 0.6 is 11.3 Å². The van der Waals surface area contributed by atoms with Gasteiger partial charge in [-0.1, -0.05) is 17.7 Å². The van der Waals surface area contributed by atoms with Gasteiger partial charge in [0.25, 0.3) is 0 Å². The Balaban J connectivity index is 2.15. The molecule has 1 heterocycles. The van der Waals surface area contributed by atoms with Crippen molar-refractivity contribution in [2.45, 2.75) is 33.1 Å². The van der Waals surface area contributed by atoms with E-state index in [-0.39, 0.29) is 0 Å². The Kier molecular flexibility index (Phi) is 3.42. The van der Waals surface area contributed by atoms with Crippen molar-refractivity contribution < 1.29 is 0 Å². The molecular formula is C14H18S. The van der Waals surface area contributed by atoms with Gasteiger partial charge in [0.05, 0.1) is 0 Å². The molecular weight excluding hydrogens is 200 g/mol. The molecule has 1 aliphatic carbocycles. The maximum Gasteiger partial charge on any atom is -0.00148 e. The fraction of sp³-hybridized carbons (Fsp3) is 0.429. The molecule has 0 aliphatic heterocycles. The van der Waals surface area contributed by atoms with Gasteiger partial charge < -0.3 is 0 Å². The number of hydrogen-bond acceptors (Lipinski definition) is 1. The second-order valence-corrected chi connectivity index (χ2v) is 5.35. The summed E-state index contributed by atoms with van der Waals surface area (Å²) in [4.78, 5) is 0. The average Bonchev–Trinajstić information content (AvgIpc) is 2.85. The van der Waals surface area contributed by atoms with Gasteiger partial charge in [0.15, 0.2) is 0 Å². The molecule has 1 aliphatic rings. The highest BCUT2D eigenvalue weighted by atomic mass is 32.1. The van der Waals surface area contributed by atoms with Crippen molar-refractivity contribution in [3.8, 4) is 0 Å². The highest BCUT2D eigenvalue weighted by Gasteiger charge is 2.19. The van der Waals surface area contributed by atoms with Crippen LogP contribution in [0.1, 0.15) is 38.7 Å². The van der Waals surface area contributed by atoms with E-state index in [1.807, 2.05) is 0 Å². The van der Waals surface area contributed by atoms with Crippen LogP contribution in [0.5, 0.6) is 0 Å². The minimum absolute atomic E-state index is 0.976. The van der Waals surface area contributed by atoms with Crippen LogP contribution in [-0.4, -0.2) is 0 Å². The third-order valence-corrected chi connectivity index (χ3v) is 3.35. The molecule has 0 atom stereocenters. The van der Waals surface area contributed by atoms with E-state index in [2.05, 4.69) is 42.8 Å². The van der Waals surface area contributed by atoms with Crippen LogP contribution in [0.25, 0.3) is 5.57 Å². The first-order chi connectivity index (χ1) is 7.25. The molecule has 0 nitrogen and oxygen atoms in total. The zero-order chi connectivity index (χ0) is 10.7. The van der Waals surface area contributed by atoms with Gasteiger partial charge in [-0.15, -0.1) is 0 Å². The fourth-order valence-electron chi connectivity index (χ4n) is 1.65. The highest BCUT2D eigenvalue weighted by molar-refractivity contribution is 7.08. The molecule has 1 aromatic rings. The topological polar surface area (TPSA) is 0 Å². The summed E-state index contributed by atoms with van der Waals surface area (Å²) in [5.41, 5.74) is 4.16. The van der Waals surface area contributed by atoms with Crippen molar-refractivity contribution in [2.75, 3.05) is 0 Å². The van der Waals surface area contributed by atoms with Gasteiger partial charge >= 0.3 is 0 Å². The molecule has 0 radical (unpaired) electrons. The van der Waals surface area contributed by atoms with Gasteiger partial charge in [-0.25, -0.2) is 0 Å². The molecule has 0 amide bonds. The van der Waals surface area contributed by atoms with Crippen LogP contribution in [0.2, 0.25) is 0 Å². The molecule has 0 bridgehead atoms. The van der Waals surface area contributed by atoms with Gasteiger partial charge in [-0.05, 0) is 67.0 Å². The lowest BCUT2D eigenvalue weighted by atomic mass is 10.0.